The van der Waals surface area contributed by atoms with Crippen LogP contribution in [0.1, 0.15) is 19.3 Å². The molecule has 1 N–H and O–H groups in total. The van der Waals surface area contributed by atoms with Crippen LogP contribution >= 0.6 is 0 Å². The van der Waals surface area contributed by atoms with Crippen LogP contribution in [-0.2, 0) is 4.74 Å². The van der Waals surface area contributed by atoms with Crippen LogP contribution in [-0.4, -0.2) is 77.5 Å². The van der Waals surface area contributed by atoms with E-state index in [1.807, 2.05) is 6.07 Å². The average Bonchev–Trinajstić information content (AvgIpc) is 3.11. The van der Waals surface area contributed by atoms with Gasteiger partial charge in [0.25, 0.3) is 0 Å². The molecule has 1 aromatic rings. The third kappa shape index (κ3) is 2.75. The standard InChI is InChI=1S/C16H23N5O3/c1-19-9-16(24-15(19)23)4-7-21(10-16)14-8-13(17-11-18-14)20-5-2-12(22)3-6-20/h8,11-12,22H,2-7,9-10H2,1H3/t16-/m0/s1. The quantitative estimate of drug-likeness (QED) is 0.842. The lowest BCUT2D eigenvalue weighted by Gasteiger charge is -2.31. The van der Waals surface area contributed by atoms with Crippen molar-refractivity contribution in [1.29, 1.82) is 0 Å². The highest BCUT2D eigenvalue weighted by Gasteiger charge is 2.48. The van der Waals surface area contributed by atoms with E-state index in [4.69, 9.17) is 4.74 Å². The summed E-state index contributed by atoms with van der Waals surface area (Å²) in [5.74, 6) is 1.77. The van der Waals surface area contributed by atoms with Gasteiger partial charge in [-0.2, -0.15) is 0 Å². The predicted molar refractivity (Wildman–Crippen MR) is 88.2 cm³/mol. The summed E-state index contributed by atoms with van der Waals surface area (Å²) in [6.07, 6.45) is 3.51. The molecule has 4 heterocycles. The zero-order valence-electron chi connectivity index (χ0n) is 13.9. The summed E-state index contributed by atoms with van der Waals surface area (Å²) in [7, 11) is 1.77. The molecule has 8 heteroatoms. The van der Waals surface area contributed by atoms with Crippen molar-refractivity contribution < 1.29 is 14.6 Å². The minimum Gasteiger partial charge on any atom is -0.439 e. The van der Waals surface area contributed by atoms with Crippen molar-refractivity contribution in [1.82, 2.24) is 14.9 Å². The minimum absolute atomic E-state index is 0.199. The van der Waals surface area contributed by atoms with E-state index in [0.717, 1.165) is 50.5 Å². The van der Waals surface area contributed by atoms with Gasteiger partial charge in [0.15, 0.2) is 5.60 Å². The molecule has 1 aromatic heterocycles. The number of hydrogen-bond donors (Lipinski definition) is 1. The highest BCUT2D eigenvalue weighted by Crippen LogP contribution is 2.34. The van der Waals surface area contributed by atoms with Gasteiger partial charge < -0.3 is 24.5 Å². The Morgan fingerprint density at radius 1 is 1.17 bits per heavy atom. The smallest absolute Gasteiger partial charge is 0.410 e. The lowest BCUT2D eigenvalue weighted by molar-refractivity contribution is 0.0741. The zero-order chi connectivity index (χ0) is 16.7. The molecule has 130 valence electrons. The highest BCUT2D eigenvalue weighted by molar-refractivity contribution is 5.70. The SMILES string of the molecule is CN1C[C@]2(CCN(c3cc(N4CCC(O)CC4)ncn3)C2)OC1=O. The van der Waals surface area contributed by atoms with Gasteiger partial charge in [-0.3, -0.25) is 0 Å². The molecule has 0 aromatic carbocycles. The Morgan fingerprint density at radius 3 is 2.54 bits per heavy atom. The fraction of sp³-hybridized carbons (Fsp3) is 0.688. The molecule has 3 fully saturated rings. The monoisotopic (exact) mass is 333 g/mol. The summed E-state index contributed by atoms with van der Waals surface area (Å²) in [5.41, 5.74) is -0.411. The van der Waals surface area contributed by atoms with Crippen molar-refractivity contribution in [3.63, 3.8) is 0 Å². The summed E-state index contributed by atoms with van der Waals surface area (Å²) < 4.78 is 5.60. The van der Waals surface area contributed by atoms with E-state index in [9.17, 15) is 9.90 Å². The van der Waals surface area contributed by atoms with Gasteiger partial charge in [0, 0.05) is 39.2 Å². The second kappa shape index (κ2) is 5.77. The Kier molecular flexibility index (Phi) is 3.71. The van der Waals surface area contributed by atoms with Gasteiger partial charge in [-0.25, -0.2) is 14.8 Å². The normalized spacial score (nSPS) is 28.1. The van der Waals surface area contributed by atoms with Crippen LogP contribution in [0.3, 0.4) is 0 Å². The van der Waals surface area contributed by atoms with Gasteiger partial charge >= 0.3 is 6.09 Å². The third-order valence-corrected chi connectivity index (χ3v) is 5.21. The second-order valence-corrected chi connectivity index (χ2v) is 7.03. The fourth-order valence-electron chi connectivity index (χ4n) is 3.82. The number of aliphatic hydroxyl groups is 1. The van der Waals surface area contributed by atoms with E-state index in [2.05, 4.69) is 19.8 Å². The number of aromatic nitrogens is 2. The van der Waals surface area contributed by atoms with Gasteiger partial charge in [0.1, 0.15) is 18.0 Å². The number of carbonyl (C=O) groups excluding carboxylic acids is 1. The Bertz CT molecular complexity index is 634. The van der Waals surface area contributed by atoms with Gasteiger partial charge in [-0.1, -0.05) is 0 Å². The number of nitrogens with zero attached hydrogens (tertiary/aromatic N) is 5. The lowest BCUT2D eigenvalue weighted by Crippen LogP contribution is -2.38. The van der Waals surface area contributed by atoms with Crippen LogP contribution in [0.15, 0.2) is 12.4 Å². The van der Waals surface area contributed by atoms with Crippen LogP contribution in [0.4, 0.5) is 16.4 Å². The summed E-state index contributed by atoms with van der Waals surface area (Å²) in [6.45, 7) is 3.73. The van der Waals surface area contributed by atoms with Crippen LogP contribution < -0.4 is 9.80 Å². The van der Waals surface area contributed by atoms with E-state index >= 15 is 0 Å². The first-order valence-corrected chi connectivity index (χ1v) is 8.49. The van der Waals surface area contributed by atoms with E-state index in [-0.39, 0.29) is 12.2 Å². The lowest BCUT2D eigenvalue weighted by atomic mass is 10.0. The Balaban J connectivity index is 1.48. The molecule has 0 unspecified atom stereocenters. The van der Waals surface area contributed by atoms with E-state index in [1.165, 1.54) is 0 Å². The summed E-state index contributed by atoms with van der Waals surface area (Å²) in [5, 5.41) is 9.65. The molecule has 3 aliphatic heterocycles. The van der Waals surface area contributed by atoms with Crippen molar-refractivity contribution in [3.8, 4) is 0 Å². The first-order chi connectivity index (χ1) is 11.5. The van der Waals surface area contributed by atoms with E-state index in [0.29, 0.717) is 13.1 Å². The second-order valence-electron chi connectivity index (χ2n) is 7.03. The molecular formula is C16H23N5O3. The zero-order valence-corrected chi connectivity index (χ0v) is 13.9. The third-order valence-electron chi connectivity index (χ3n) is 5.21. The summed E-state index contributed by atoms with van der Waals surface area (Å²) in [6, 6.07) is 2.00. The molecule has 24 heavy (non-hydrogen) atoms. The topological polar surface area (TPSA) is 82.0 Å². The molecule has 0 bridgehead atoms. The molecule has 0 radical (unpaired) electrons. The van der Waals surface area contributed by atoms with E-state index in [1.54, 1.807) is 18.3 Å². The molecule has 0 saturated carbocycles. The number of piperidine rings is 1. The minimum atomic E-state index is -0.411. The molecule has 4 rings (SSSR count). The van der Waals surface area contributed by atoms with Gasteiger partial charge in [-0.05, 0) is 12.8 Å². The summed E-state index contributed by atoms with van der Waals surface area (Å²) in [4.78, 5) is 26.5. The van der Waals surface area contributed by atoms with E-state index < -0.39 is 5.60 Å². The number of ether oxygens (including phenoxy) is 1. The molecule has 1 spiro atoms. The highest BCUT2D eigenvalue weighted by atomic mass is 16.6. The van der Waals surface area contributed by atoms with Crippen molar-refractivity contribution in [2.45, 2.75) is 31.0 Å². The number of hydrogen-bond acceptors (Lipinski definition) is 7. The van der Waals surface area contributed by atoms with Crippen molar-refractivity contribution >= 4 is 17.7 Å². The maximum absolute atomic E-state index is 11.7. The maximum Gasteiger partial charge on any atom is 0.410 e. The van der Waals surface area contributed by atoms with Gasteiger partial charge in [0.05, 0.1) is 19.2 Å². The van der Waals surface area contributed by atoms with Crippen LogP contribution in [0.5, 0.6) is 0 Å². The van der Waals surface area contributed by atoms with Crippen molar-refractivity contribution in [2.24, 2.45) is 0 Å². The molecule has 0 aliphatic carbocycles. The molecule has 3 saturated heterocycles. The maximum atomic E-state index is 11.7. The Labute approximate surface area is 141 Å². The largest absolute Gasteiger partial charge is 0.439 e. The number of likely N-dealkylation sites (N-methyl/N-ethyl adjacent to an activating group) is 1. The van der Waals surface area contributed by atoms with Crippen LogP contribution in [0.2, 0.25) is 0 Å². The molecular weight excluding hydrogens is 310 g/mol. The van der Waals surface area contributed by atoms with Crippen LogP contribution in [0, 0.1) is 0 Å². The number of amides is 1. The first kappa shape index (κ1) is 15.4. The van der Waals surface area contributed by atoms with Gasteiger partial charge in [-0.15, -0.1) is 0 Å². The molecule has 1 atom stereocenters. The average molecular weight is 333 g/mol. The number of carbonyl (C=O) groups is 1. The number of anilines is 2. The molecule has 8 nitrogen and oxygen atoms in total. The number of rotatable bonds is 2. The van der Waals surface area contributed by atoms with Crippen molar-refractivity contribution in [2.75, 3.05) is 49.6 Å². The van der Waals surface area contributed by atoms with Crippen molar-refractivity contribution in [3.05, 3.63) is 12.4 Å². The van der Waals surface area contributed by atoms with Gasteiger partial charge in [0.2, 0.25) is 0 Å². The Hall–Kier alpha value is -2.09. The first-order valence-electron chi connectivity index (χ1n) is 8.49. The molecule has 1 amide bonds. The fourth-order valence-corrected chi connectivity index (χ4v) is 3.82. The Morgan fingerprint density at radius 2 is 1.88 bits per heavy atom. The number of aliphatic hydroxyl groups excluding tert-OH is 1. The van der Waals surface area contributed by atoms with Crippen LogP contribution in [0.25, 0.3) is 0 Å². The predicted octanol–water partition coefficient (Wildman–Crippen LogP) is 0.469. The summed E-state index contributed by atoms with van der Waals surface area (Å²) >= 11 is 0. The molecule has 3 aliphatic rings.